The number of nitrogens with zero attached hydrogens (tertiary/aromatic N) is 1. The van der Waals surface area contributed by atoms with Gasteiger partial charge in [-0.2, -0.15) is 0 Å². The first-order valence-corrected chi connectivity index (χ1v) is 7.68. The quantitative estimate of drug-likeness (QED) is 0.564. The van der Waals surface area contributed by atoms with Gasteiger partial charge in [-0.1, -0.05) is 6.92 Å². The van der Waals surface area contributed by atoms with Crippen LogP contribution in [0.5, 0.6) is 5.75 Å². The third-order valence-corrected chi connectivity index (χ3v) is 3.89. The zero-order valence-electron chi connectivity index (χ0n) is 12.4. The van der Waals surface area contributed by atoms with Crippen molar-refractivity contribution in [2.24, 2.45) is 5.92 Å². The molecule has 0 aliphatic carbocycles. The van der Waals surface area contributed by atoms with E-state index in [1.165, 1.54) is 38.9 Å². The van der Waals surface area contributed by atoms with Gasteiger partial charge in [0, 0.05) is 12.1 Å². The molecule has 0 N–H and O–H groups in total. The minimum atomic E-state index is 0.691. The highest BCUT2D eigenvalue weighted by molar-refractivity contribution is 5.74. The Kier molecular flexibility index (Phi) is 6.06. The number of benzene rings is 1. The van der Waals surface area contributed by atoms with Crippen molar-refractivity contribution in [3.63, 3.8) is 0 Å². The second-order valence-electron chi connectivity index (χ2n) is 5.79. The lowest BCUT2D eigenvalue weighted by atomic mass is 10.0. The fourth-order valence-electron chi connectivity index (χ4n) is 2.76. The van der Waals surface area contributed by atoms with Crippen molar-refractivity contribution >= 4 is 6.29 Å². The standard InChI is InChI=1S/C17H25NO2/c1-15-5-4-11-18(13-15)10-2-3-12-20-17-8-6-16(14-19)7-9-17/h6-9,14-15H,2-5,10-13H2,1H3/t15-/m0/s1. The molecule has 0 bridgehead atoms. The Morgan fingerprint density at radius 1 is 1.30 bits per heavy atom. The molecule has 1 aromatic rings. The molecule has 1 fully saturated rings. The molecule has 1 aliphatic heterocycles. The van der Waals surface area contributed by atoms with E-state index in [0.717, 1.165) is 31.0 Å². The number of carbonyl (C=O) groups excluding carboxylic acids is 1. The van der Waals surface area contributed by atoms with Crippen molar-refractivity contribution in [1.82, 2.24) is 4.90 Å². The summed E-state index contributed by atoms with van der Waals surface area (Å²) >= 11 is 0. The zero-order valence-corrected chi connectivity index (χ0v) is 12.4. The van der Waals surface area contributed by atoms with Crippen LogP contribution in [0, 0.1) is 5.92 Å². The SMILES string of the molecule is C[C@H]1CCCN(CCCCOc2ccc(C=O)cc2)C1. The number of rotatable bonds is 7. The average molecular weight is 275 g/mol. The Hall–Kier alpha value is -1.35. The Labute approximate surface area is 121 Å². The summed E-state index contributed by atoms with van der Waals surface area (Å²) in [4.78, 5) is 13.1. The summed E-state index contributed by atoms with van der Waals surface area (Å²) in [7, 11) is 0. The molecule has 0 unspecified atom stereocenters. The van der Waals surface area contributed by atoms with Crippen LogP contribution in [0.15, 0.2) is 24.3 Å². The summed E-state index contributed by atoms with van der Waals surface area (Å²) in [5.41, 5.74) is 0.691. The van der Waals surface area contributed by atoms with Crippen molar-refractivity contribution in [1.29, 1.82) is 0 Å². The topological polar surface area (TPSA) is 29.5 Å². The van der Waals surface area contributed by atoms with Crippen LogP contribution in [-0.4, -0.2) is 37.4 Å². The number of unbranched alkanes of at least 4 members (excludes halogenated alkanes) is 1. The maximum Gasteiger partial charge on any atom is 0.150 e. The Balaban J connectivity index is 1.57. The molecule has 1 heterocycles. The van der Waals surface area contributed by atoms with Gasteiger partial charge >= 0.3 is 0 Å². The fourth-order valence-corrected chi connectivity index (χ4v) is 2.76. The summed E-state index contributed by atoms with van der Waals surface area (Å²) in [5.74, 6) is 1.71. The van der Waals surface area contributed by atoms with Crippen LogP contribution in [-0.2, 0) is 0 Å². The highest BCUT2D eigenvalue weighted by atomic mass is 16.5. The first-order chi connectivity index (χ1) is 9.78. The van der Waals surface area contributed by atoms with Crippen LogP contribution in [0.1, 0.15) is 43.0 Å². The summed E-state index contributed by atoms with van der Waals surface area (Å²) in [6.07, 6.45) is 5.86. The van der Waals surface area contributed by atoms with Crippen LogP contribution in [0.4, 0.5) is 0 Å². The number of carbonyl (C=O) groups is 1. The number of hydrogen-bond donors (Lipinski definition) is 0. The highest BCUT2D eigenvalue weighted by Gasteiger charge is 2.15. The minimum Gasteiger partial charge on any atom is -0.494 e. The molecule has 1 saturated heterocycles. The van der Waals surface area contributed by atoms with Crippen LogP contribution in [0.25, 0.3) is 0 Å². The Morgan fingerprint density at radius 3 is 2.80 bits per heavy atom. The lowest BCUT2D eigenvalue weighted by Crippen LogP contribution is -2.35. The molecule has 3 nitrogen and oxygen atoms in total. The van der Waals surface area contributed by atoms with Crippen molar-refractivity contribution in [3.05, 3.63) is 29.8 Å². The van der Waals surface area contributed by atoms with Gasteiger partial charge in [0.15, 0.2) is 0 Å². The smallest absolute Gasteiger partial charge is 0.150 e. The van der Waals surface area contributed by atoms with Crippen molar-refractivity contribution < 1.29 is 9.53 Å². The molecule has 0 spiro atoms. The first kappa shape index (κ1) is 15.0. The number of piperidine rings is 1. The van der Waals surface area contributed by atoms with E-state index in [0.29, 0.717) is 5.56 Å². The lowest BCUT2D eigenvalue weighted by molar-refractivity contribution is 0.112. The van der Waals surface area contributed by atoms with Gasteiger partial charge in [0.25, 0.3) is 0 Å². The van der Waals surface area contributed by atoms with E-state index in [4.69, 9.17) is 4.74 Å². The van der Waals surface area contributed by atoms with Crippen molar-refractivity contribution in [3.8, 4) is 5.75 Å². The van der Waals surface area contributed by atoms with Gasteiger partial charge in [-0.25, -0.2) is 0 Å². The van der Waals surface area contributed by atoms with Crippen LogP contribution < -0.4 is 4.74 Å². The van der Waals surface area contributed by atoms with Gasteiger partial charge in [-0.15, -0.1) is 0 Å². The molecule has 20 heavy (non-hydrogen) atoms. The minimum absolute atomic E-state index is 0.691. The number of hydrogen-bond acceptors (Lipinski definition) is 3. The van der Waals surface area contributed by atoms with E-state index >= 15 is 0 Å². The van der Waals surface area contributed by atoms with Crippen LogP contribution >= 0.6 is 0 Å². The molecular formula is C17H25NO2. The number of likely N-dealkylation sites (tertiary alicyclic amines) is 1. The first-order valence-electron chi connectivity index (χ1n) is 7.68. The van der Waals surface area contributed by atoms with Gasteiger partial charge in [0.2, 0.25) is 0 Å². The summed E-state index contributed by atoms with van der Waals surface area (Å²) in [6.45, 7) is 6.81. The molecule has 1 aliphatic rings. The molecule has 1 atom stereocenters. The molecule has 0 amide bonds. The van der Waals surface area contributed by atoms with Crippen LogP contribution in [0.3, 0.4) is 0 Å². The molecular weight excluding hydrogens is 250 g/mol. The largest absolute Gasteiger partial charge is 0.494 e. The number of ether oxygens (including phenoxy) is 1. The van der Waals surface area contributed by atoms with Gasteiger partial charge in [-0.05, 0) is 69.0 Å². The van der Waals surface area contributed by atoms with Crippen molar-refractivity contribution in [2.45, 2.75) is 32.6 Å². The summed E-state index contributed by atoms with van der Waals surface area (Å²) in [5, 5.41) is 0. The Morgan fingerprint density at radius 2 is 2.10 bits per heavy atom. The van der Waals surface area contributed by atoms with E-state index < -0.39 is 0 Å². The van der Waals surface area contributed by atoms with Gasteiger partial charge < -0.3 is 9.64 Å². The molecule has 110 valence electrons. The predicted molar refractivity (Wildman–Crippen MR) is 81.4 cm³/mol. The maximum atomic E-state index is 10.5. The monoisotopic (exact) mass is 275 g/mol. The third-order valence-electron chi connectivity index (χ3n) is 3.89. The molecule has 3 heteroatoms. The fraction of sp³-hybridized carbons (Fsp3) is 0.588. The molecule has 0 aromatic heterocycles. The Bertz CT molecular complexity index is 402. The molecule has 0 radical (unpaired) electrons. The van der Waals surface area contributed by atoms with E-state index in [2.05, 4.69) is 11.8 Å². The third kappa shape index (κ3) is 4.97. The average Bonchev–Trinajstić information content (AvgIpc) is 2.48. The molecule has 2 rings (SSSR count). The van der Waals surface area contributed by atoms with E-state index in [-0.39, 0.29) is 0 Å². The van der Waals surface area contributed by atoms with E-state index in [1.807, 2.05) is 12.1 Å². The summed E-state index contributed by atoms with van der Waals surface area (Å²) in [6, 6.07) is 7.29. The van der Waals surface area contributed by atoms with Gasteiger partial charge in [0.05, 0.1) is 6.61 Å². The van der Waals surface area contributed by atoms with E-state index in [1.54, 1.807) is 12.1 Å². The second kappa shape index (κ2) is 8.05. The molecule has 0 saturated carbocycles. The number of aldehydes is 1. The van der Waals surface area contributed by atoms with Gasteiger partial charge in [0.1, 0.15) is 12.0 Å². The zero-order chi connectivity index (χ0) is 14.2. The maximum absolute atomic E-state index is 10.5. The summed E-state index contributed by atoms with van der Waals surface area (Å²) < 4.78 is 5.68. The predicted octanol–water partition coefficient (Wildman–Crippen LogP) is 3.39. The van der Waals surface area contributed by atoms with Crippen molar-refractivity contribution in [2.75, 3.05) is 26.2 Å². The van der Waals surface area contributed by atoms with Crippen LogP contribution in [0.2, 0.25) is 0 Å². The highest BCUT2D eigenvalue weighted by Crippen LogP contribution is 2.16. The van der Waals surface area contributed by atoms with E-state index in [9.17, 15) is 4.79 Å². The molecule has 1 aromatic carbocycles. The second-order valence-corrected chi connectivity index (χ2v) is 5.79. The normalized spacial score (nSPS) is 19.8. The van der Waals surface area contributed by atoms with Gasteiger partial charge in [-0.3, -0.25) is 4.79 Å². The lowest BCUT2D eigenvalue weighted by Gasteiger charge is -2.30.